The van der Waals surface area contributed by atoms with Crippen LogP contribution in [-0.4, -0.2) is 43.8 Å². The smallest absolute Gasteiger partial charge is 0.381 e. The minimum atomic E-state index is -5.96. The fourth-order valence-electron chi connectivity index (χ4n) is 6.54. The third kappa shape index (κ3) is 3.12. The van der Waals surface area contributed by atoms with Crippen molar-refractivity contribution in [3.63, 3.8) is 0 Å². The van der Waals surface area contributed by atoms with Crippen LogP contribution in [0.1, 0.15) is 54.5 Å². The molecule has 6 rings (SSSR count). The lowest BCUT2D eigenvalue weighted by molar-refractivity contribution is -0.121. The molecule has 2 fully saturated rings. The molecule has 4 unspecified atom stereocenters. The van der Waals surface area contributed by atoms with Crippen molar-refractivity contribution in [2.45, 2.75) is 65.9 Å². The molecule has 7 nitrogen and oxygen atoms in total. The largest absolute Gasteiger partial charge is 0.534 e. The molecule has 0 amide bonds. The number of fused-ring (bicyclic) bond motifs is 3. The minimum Gasteiger partial charge on any atom is -0.381 e. The van der Waals surface area contributed by atoms with Crippen molar-refractivity contribution in [1.82, 2.24) is 4.90 Å². The van der Waals surface area contributed by atoms with Gasteiger partial charge in [0.05, 0.1) is 17.0 Å². The van der Waals surface area contributed by atoms with E-state index in [-0.39, 0.29) is 16.9 Å². The molecule has 37 heavy (non-hydrogen) atoms. The van der Waals surface area contributed by atoms with Gasteiger partial charge in [-0.05, 0) is 48.6 Å². The summed E-state index contributed by atoms with van der Waals surface area (Å²) in [6.07, 6.45) is 0.228. The van der Waals surface area contributed by atoms with Gasteiger partial charge >= 0.3 is 15.6 Å². The fraction of sp³-hybridized carbons (Fsp3) is 0.400. The average molecular weight is 554 g/mol. The Bertz CT molecular complexity index is 1580. The molecule has 3 heterocycles. The van der Waals surface area contributed by atoms with Gasteiger partial charge in [-0.25, -0.2) is 8.42 Å². The lowest BCUT2D eigenvalue weighted by atomic mass is 9.74. The number of hydrogen-bond acceptors (Lipinski definition) is 7. The van der Waals surface area contributed by atoms with Gasteiger partial charge < -0.3 is 4.18 Å². The molecular weight excluding hydrogens is 531 g/mol. The van der Waals surface area contributed by atoms with Crippen molar-refractivity contribution in [2.24, 2.45) is 0 Å². The summed E-state index contributed by atoms with van der Waals surface area (Å²) >= 11 is 0. The van der Waals surface area contributed by atoms with Gasteiger partial charge in [-0.3, -0.25) is 9.69 Å². The Kier molecular flexibility index (Phi) is 5.11. The molecule has 0 saturated carbocycles. The Morgan fingerprint density at radius 3 is 2.30 bits per heavy atom. The number of halogens is 3. The van der Waals surface area contributed by atoms with E-state index in [2.05, 4.69) is 4.18 Å². The number of rotatable bonds is 4. The number of sulfone groups is 1. The zero-order valence-corrected chi connectivity index (χ0v) is 21.2. The summed E-state index contributed by atoms with van der Waals surface area (Å²) in [4.78, 5) is 15.8. The summed E-state index contributed by atoms with van der Waals surface area (Å²) in [5, 5.41) is 0. The van der Waals surface area contributed by atoms with Crippen LogP contribution in [0.2, 0.25) is 0 Å². The third-order valence-corrected chi connectivity index (χ3v) is 11.5. The second-order valence-electron chi connectivity index (χ2n) is 9.97. The SMILES string of the molecule is Cc1ccc(S(=O)(=O)C23CC4=C(OS(=O)(=O)C(F)(F)F)CCC[C@H]4N4C(C2=O)c2ccccc2C43)cc1. The number of carbonyl (C=O) groups is 1. The van der Waals surface area contributed by atoms with Crippen LogP contribution in [0.5, 0.6) is 0 Å². The highest BCUT2D eigenvalue weighted by molar-refractivity contribution is 7.93. The number of hydrogen-bond donors (Lipinski definition) is 0. The number of benzene rings is 2. The predicted molar refractivity (Wildman–Crippen MR) is 125 cm³/mol. The maximum absolute atomic E-state index is 14.3. The molecule has 4 aliphatic rings. The number of alkyl halides is 3. The first-order chi connectivity index (χ1) is 17.3. The van der Waals surface area contributed by atoms with Crippen molar-refractivity contribution in [2.75, 3.05) is 0 Å². The number of aryl methyl sites for hydroxylation is 1. The highest BCUT2D eigenvalue weighted by Gasteiger charge is 2.75. The second-order valence-corrected chi connectivity index (χ2v) is 13.7. The van der Waals surface area contributed by atoms with E-state index < -0.39 is 66.3 Å². The van der Waals surface area contributed by atoms with Crippen molar-refractivity contribution in [3.05, 3.63) is 76.6 Å². The molecule has 0 radical (unpaired) electrons. The molecule has 2 aromatic rings. The molecule has 0 aromatic heterocycles. The first kappa shape index (κ1) is 24.6. The van der Waals surface area contributed by atoms with E-state index in [1.54, 1.807) is 48.2 Å². The predicted octanol–water partition coefficient (Wildman–Crippen LogP) is 4.26. The number of carbonyl (C=O) groups excluding carboxylic acids is 1. The van der Waals surface area contributed by atoms with E-state index in [0.29, 0.717) is 24.0 Å². The van der Waals surface area contributed by atoms with E-state index >= 15 is 0 Å². The molecule has 2 saturated heterocycles. The van der Waals surface area contributed by atoms with Gasteiger partial charge in [0.25, 0.3) is 0 Å². The van der Waals surface area contributed by atoms with E-state index in [9.17, 15) is 34.8 Å². The molecule has 196 valence electrons. The number of piperidine rings is 1. The van der Waals surface area contributed by atoms with Crippen molar-refractivity contribution in [1.29, 1.82) is 0 Å². The summed E-state index contributed by atoms with van der Waals surface area (Å²) in [6.45, 7) is 1.79. The topological polar surface area (TPSA) is 97.8 Å². The summed E-state index contributed by atoms with van der Waals surface area (Å²) in [7, 11) is -10.3. The molecule has 4 bridgehead atoms. The Morgan fingerprint density at radius 2 is 1.65 bits per heavy atom. The van der Waals surface area contributed by atoms with E-state index in [0.717, 1.165) is 5.56 Å². The normalized spacial score (nSPS) is 30.8. The molecular formula is C25H22F3NO6S2. The minimum absolute atomic E-state index is 0.0725. The lowest BCUT2D eigenvalue weighted by Gasteiger charge is -2.46. The molecule has 0 spiro atoms. The van der Waals surface area contributed by atoms with Gasteiger partial charge in [0.1, 0.15) is 5.76 Å². The quantitative estimate of drug-likeness (QED) is 0.412. The molecule has 5 atom stereocenters. The summed E-state index contributed by atoms with van der Waals surface area (Å²) in [5.41, 5.74) is -3.33. The molecule has 12 heteroatoms. The van der Waals surface area contributed by atoms with Crippen LogP contribution in [0.4, 0.5) is 13.2 Å². The zero-order valence-electron chi connectivity index (χ0n) is 19.5. The Hall–Kier alpha value is -2.70. The van der Waals surface area contributed by atoms with Crippen molar-refractivity contribution in [3.8, 4) is 0 Å². The lowest BCUT2D eigenvalue weighted by Crippen LogP contribution is -2.55. The van der Waals surface area contributed by atoms with E-state index in [4.69, 9.17) is 0 Å². The van der Waals surface area contributed by atoms with E-state index in [1.165, 1.54) is 12.1 Å². The van der Waals surface area contributed by atoms with Gasteiger partial charge in [-0.15, -0.1) is 0 Å². The Morgan fingerprint density at radius 1 is 1.00 bits per heavy atom. The first-order valence-corrected chi connectivity index (χ1v) is 14.6. The second kappa shape index (κ2) is 7.67. The molecule has 0 N–H and O–H groups in total. The molecule has 1 aliphatic carbocycles. The van der Waals surface area contributed by atoms with Gasteiger partial charge in [0.2, 0.25) is 0 Å². The highest BCUT2D eigenvalue weighted by Crippen LogP contribution is 2.67. The van der Waals surface area contributed by atoms with Gasteiger partial charge in [0, 0.05) is 18.9 Å². The summed E-state index contributed by atoms with van der Waals surface area (Å²) in [5.74, 6) is -0.961. The molecule has 2 aromatic carbocycles. The monoisotopic (exact) mass is 553 g/mol. The standard InChI is InChI=1S/C25H22F3NO6S2/c1-14-9-11-15(12-10-14)36(31,32)24-13-18-19(7-4-8-20(18)35-37(33,34)25(26,27)28)29-21(23(24)30)16-5-2-3-6-17(16)22(24)29/h2-3,5-6,9-12,19,21-22H,4,7-8,13H2,1H3/t19-,21?,22?,24?/m1/s1. The summed E-state index contributed by atoms with van der Waals surface area (Å²) < 4.78 is 94.5. The van der Waals surface area contributed by atoms with E-state index in [1.807, 2.05) is 0 Å². The van der Waals surface area contributed by atoms with Crippen LogP contribution in [0, 0.1) is 6.92 Å². The van der Waals surface area contributed by atoms with Crippen LogP contribution in [0.25, 0.3) is 0 Å². The Balaban J connectivity index is 1.59. The summed E-state index contributed by atoms with van der Waals surface area (Å²) in [6, 6.07) is 10.7. The van der Waals surface area contributed by atoms with Gasteiger partial charge in [-0.1, -0.05) is 42.0 Å². The zero-order chi connectivity index (χ0) is 26.5. The van der Waals surface area contributed by atoms with Crippen LogP contribution < -0.4 is 0 Å². The fourth-order valence-corrected chi connectivity index (χ4v) is 9.27. The number of ketones is 1. The first-order valence-electron chi connectivity index (χ1n) is 11.8. The van der Waals surface area contributed by atoms with Crippen LogP contribution in [0.3, 0.4) is 0 Å². The average Bonchev–Trinajstić information content (AvgIpc) is 3.27. The van der Waals surface area contributed by atoms with Crippen molar-refractivity contribution < 1.29 is 39.0 Å². The maximum Gasteiger partial charge on any atom is 0.534 e. The third-order valence-electron chi connectivity index (χ3n) is 8.05. The van der Waals surface area contributed by atoms with Crippen LogP contribution in [0.15, 0.2) is 64.8 Å². The van der Waals surface area contributed by atoms with Gasteiger partial charge in [-0.2, -0.15) is 21.6 Å². The number of allylic oxidation sites excluding steroid dienone is 1. The van der Waals surface area contributed by atoms with Gasteiger partial charge in [0.15, 0.2) is 20.4 Å². The number of nitrogens with zero attached hydrogens (tertiary/aromatic N) is 1. The van der Waals surface area contributed by atoms with Crippen LogP contribution in [-0.2, 0) is 28.9 Å². The number of Topliss-reactive ketones (excluding diaryl/α,β-unsaturated/α-hetero) is 1. The van der Waals surface area contributed by atoms with Crippen LogP contribution >= 0.6 is 0 Å². The molecule has 3 aliphatic heterocycles. The Labute approximate surface area is 212 Å². The van der Waals surface area contributed by atoms with Crippen molar-refractivity contribution >= 4 is 25.7 Å². The maximum atomic E-state index is 14.3. The highest BCUT2D eigenvalue weighted by atomic mass is 32.2.